The molecule has 0 saturated heterocycles. The van der Waals surface area contributed by atoms with Crippen molar-refractivity contribution in [1.29, 1.82) is 0 Å². The Morgan fingerprint density at radius 1 is 1.24 bits per heavy atom. The van der Waals surface area contributed by atoms with Gasteiger partial charge < -0.3 is 16.2 Å². The number of hydrogen-bond acceptors (Lipinski definition) is 3. The molecule has 0 aliphatic heterocycles. The highest BCUT2D eigenvalue weighted by atomic mass is 16.4. The highest BCUT2D eigenvalue weighted by molar-refractivity contribution is 5.87. The Balaban J connectivity index is 1.75. The van der Waals surface area contributed by atoms with Gasteiger partial charge in [0, 0.05) is 18.5 Å². The van der Waals surface area contributed by atoms with E-state index < -0.39 is 5.97 Å². The van der Waals surface area contributed by atoms with Crippen LogP contribution in [0, 0.1) is 5.92 Å². The van der Waals surface area contributed by atoms with Gasteiger partial charge in [0.15, 0.2) is 0 Å². The molecule has 1 fully saturated rings. The standard InChI is InChI=1S/C16H22N2O3/c17-14-3-1-2-13(10-14)15(19)18-9-8-11-4-6-12(7-5-11)16(20)21/h4-7,13-14H,1-3,8-10,17H2,(H,18,19)(H,20,21). The quantitative estimate of drug-likeness (QED) is 0.767. The number of benzene rings is 1. The Bertz CT molecular complexity index is 499. The van der Waals surface area contributed by atoms with Crippen molar-refractivity contribution >= 4 is 11.9 Å². The summed E-state index contributed by atoms with van der Waals surface area (Å²) in [4.78, 5) is 22.8. The molecule has 1 aromatic rings. The number of carboxylic acid groups (broad SMARTS) is 1. The molecule has 2 unspecified atom stereocenters. The van der Waals surface area contributed by atoms with Gasteiger partial charge in [-0.3, -0.25) is 4.79 Å². The fraction of sp³-hybridized carbons (Fsp3) is 0.500. The smallest absolute Gasteiger partial charge is 0.335 e. The molecule has 1 saturated carbocycles. The largest absolute Gasteiger partial charge is 0.478 e. The lowest BCUT2D eigenvalue weighted by Crippen LogP contribution is -2.38. The summed E-state index contributed by atoms with van der Waals surface area (Å²) in [5, 5.41) is 11.8. The molecule has 1 aliphatic carbocycles. The van der Waals surface area contributed by atoms with E-state index in [4.69, 9.17) is 10.8 Å². The van der Waals surface area contributed by atoms with Gasteiger partial charge in [-0.05, 0) is 43.4 Å². The summed E-state index contributed by atoms with van der Waals surface area (Å²) in [6.45, 7) is 0.566. The van der Waals surface area contributed by atoms with Gasteiger partial charge in [-0.2, -0.15) is 0 Å². The van der Waals surface area contributed by atoms with E-state index in [0.29, 0.717) is 13.0 Å². The van der Waals surface area contributed by atoms with Crippen LogP contribution in [0.4, 0.5) is 0 Å². The van der Waals surface area contributed by atoms with E-state index in [1.807, 2.05) is 0 Å². The molecule has 21 heavy (non-hydrogen) atoms. The lowest BCUT2D eigenvalue weighted by Gasteiger charge is -2.25. The molecule has 1 amide bonds. The molecule has 5 nitrogen and oxygen atoms in total. The lowest BCUT2D eigenvalue weighted by molar-refractivity contribution is -0.126. The Labute approximate surface area is 124 Å². The number of carbonyl (C=O) groups is 2. The van der Waals surface area contributed by atoms with Crippen LogP contribution in [0.5, 0.6) is 0 Å². The van der Waals surface area contributed by atoms with Crippen molar-refractivity contribution in [1.82, 2.24) is 5.32 Å². The van der Waals surface area contributed by atoms with Crippen LogP contribution in [-0.2, 0) is 11.2 Å². The molecular weight excluding hydrogens is 268 g/mol. The van der Waals surface area contributed by atoms with Gasteiger partial charge in [0.25, 0.3) is 0 Å². The third-order valence-corrected chi connectivity index (χ3v) is 4.00. The van der Waals surface area contributed by atoms with Crippen LogP contribution in [0.2, 0.25) is 0 Å². The molecule has 0 radical (unpaired) electrons. The van der Waals surface area contributed by atoms with E-state index in [1.54, 1.807) is 24.3 Å². The van der Waals surface area contributed by atoms with Gasteiger partial charge in [0.2, 0.25) is 5.91 Å². The highest BCUT2D eigenvalue weighted by Gasteiger charge is 2.24. The Morgan fingerprint density at radius 3 is 2.57 bits per heavy atom. The fourth-order valence-corrected chi connectivity index (χ4v) is 2.75. The highest BCUT2D eigenvalue weighted by Crippen LogP contribution is 2.23. The van der Waals surface area contributed by atoms with Gasteiger partial charge in [-0.1, -0.05) is 18.6 Å². The maximum atomic E-state index is 12.0. The summed E-state index contributed by atoms with van der Waals surface area (Å²) >= 11 is 0. The molecule has 0 spiro atoms. The van der Waals surface area contributed by atoms with Crippen LogP contribution in [0.3, 0.4) is 0 Å². The number of hydrogen-bond donors (Lipinski definition) is 3. The number of rotatable bonds is 5. The minimum absolute atomic E-state index is 0.0446. The molecule has 114 valence electrons. The zero-order chi connectivity index (χ0) is 15.2. The molecule has 1 aromatic carbocycles. The Kier molecular flexibility index (Phi) is 5.33. The third-order valence-electron chi connectivity index (χ3n) is 4.00. The average molecular weight is 290 g/mol. The van der Waals surface area contributed by atoms with Gasteiger partial charge >= 0.3 is 5.97 Å². The Hall–Kier alpha value is -1.88. The van der Waals surface area contributed by atoms with Crippen molar-refractivity contribution in [2.24, 2.45) is 11.7 Å². The van der Waals surface area contributed by atoms with Crippen molar-refractivity contribution in [3.63, 3.8) is 0 Å². The second-order valence-electron chi connectivity index (χ2n) is 5.67. The summed E-state index contributed by atoms with van der Waals surface area (Å²) < 4.78 is 0. The predicted octanol–water partition coefficient (Wildman–Crippen LogP) is 1.56. The zero-order valence-corrected chi connectivity index (χ0v) is 12.0. The molecule has 2 atom stereocenters. The number of nitrogens with one attached hydrogen (secondary N) is 1. The molecule has 5 heteroatoms. The first-order valence-electron chi connectivity index (χ1n) is 7.42. The molecule has 2 rings (SSSR count). The van der Waals surface area contributed by atoms with Crippen molar-refractivity contribution in [2.45, 2.75) is 38.1 Å². The van der Waals surface area contributed by atoms with Crippen molar-refractivity contribution in [3.8, 4) is 0 Å². The van der Waals surface area contributed by atoms with E-state index in [2.05, 4.69) is 5.32 Å². The molecule has 0 bridgehead atoms. The van der Waals surface area contributed by atoms with Crippen molar-refractivity contribution in [3.05, 3.63) is 35.4 Å². The van der Waals surface area contributed by atoms with E-state index in [9.17, 15) is 9.59 Å². The van der Waals surface area contributed by atoms with E-state index in [1.165, 1.54) is 0 Å². The predicted molar refractivity (Wildman–Crippen MR) is 80.0 cm³/mol. The fourth-order valence-electron chi connectivity index (χ4n) is 2.75. The first-order valence-corrected chi connectivity index (χ1v) is 7.42. The Morgan fingerprint density at radius 2 is 1.95 bits per heavy atom. The van der Waals surface area contributed by atoms with Gasteiger partial charge in [-0.15, -0.1) is 0 Å². The first kappa shape index (κ1) is 15.5. The SMILES string of the molecule is NC1CCCC(C(=O)NCCc2ccc(C(=O)O)cc2)C1. The van der Waals surface area contributed by atoms with Crippen LogP contribution in [-0.4, -0.2) is 29.6 Å². The number of nitrogens with two attached hydrogens (primary N) is 1. The molecule has 1 aliphatic rings. The van der Waals surface area contributed by atoms with Gasteiger partial charge in [-0.25, -0.2) is 4.79 Å². The normalized spacial score (nSPS) is 21.8. The molecule has 0 aromatic heterocycles. The maximum absolute atomic E-state index is 12.0. The zero-order valence-electron chi connectivity index (χ0n) is 12.0. The third kappa shape index (κ3) is 4.56. The summed E-state index contributed by atoms with van der Waals surface area (Å²) in [6.07, 6.45) is 4.44. The molecular formula is C16H22N2O3. The second kappa shape index (κ2) is 7.22. The van der Waals surface area contributed by atoms with Crippen molar-refractivity contribution in [2.75, 3.05) is 6.54 Å². The summed E-state index contributed by atoms with van der Waals surface area (Å²) in [5.74, 6) is -0.793. The second-order valence-corrected chi connectivity index (χ2v) is 5.67. The maximum Gasteiger partial charge on any atom is 0.335 e. The number of carbonyl (C=O) groups excluding carboxylic acids is 1. The van der Waals surface area contributed by atoms with Crippen LogP contribution >= 0.6 is 0 Å². The van der Waals surface area contributed by atoms with Crippen LogP contribution in [0.1, 0.15) is 41.6 Å². The molecule has 0 heterocycles. The lowest BCUT2D eigenvalue weighted by atomic mass is 9.85. The van der Waals surface area contributed by atoms with E-state index in [-0.39, 0.29) is 23.4 Å². The van der Waals surface area contributed by atoms with Crippen molar-refractivity contribution < 1.29 is 14.7 Å². The topological polar surface area (TPSA) is 92.4 Å². The molecule has 4 N–H and O–H groups in total. The van der Waals surface area contributed by atoms with Crippen LogP contribution in [0.15, 0.2) is 24.3 Å². The first-order chi connectivity index (χ1) is 10.1. The average Bonchev–Trinajstić information content (AvgIpc) is 2.47. The summed E-state index contributed by atoms with van der Waals surface area (Å²) in [5.41, 5.74) is 7.18. The van der Waals surface area contributed by atoms with Crippen LogP contribution < -0.4 is 11.1 Å². The summed E-state index contributed by atoms with van der Waals surface area (Å²) in [6, 6.07) is 6.88. The minimum Gasteiger partial charge on any atom is -0.478 e. The van der Waals surface area contributed by atoms with Gasteiger partial charge in [0.05, 0.1) is 5.56 Å². The monoisotopic (exact) mass is 290 g/mol. The summed E-state index contributed by atoms with van der Waals surface area (Å²) in [7, 11) is 0. The minimum atomic E-state index is -0.927. The number of carboxylic acids is 1. The van der Waals surface area contributed by atoms with E-state index in [0.717, 1.165) is 31.2 Å². The van der Waals surface area contributed by atoms with Gasteiger partial charge in [0.1, 0.15) is 0 Å². The number of amides is 1. The van der Waals surface area contributed by atoms with Crippen LogP contribution in [0.25, 0.3) is 0 Å². The number of aromatic carboxylic acids is 1. The van der Waals surface area contributed by atoms with E-state index >= 15 is 0 Å².